The van der Waals surface area contributed by atoms with E-state index in [0.717, 1.165) is 6.04 Å². The number of nitrogens with zero attached hydrogens (tertiary/aromatic N) is 2. The molecule has 0 aromatic heterocycles. The van der Waals surface area contributed by atoms with Crippen LogP contribution >= 0.6 is 0 Å². The van der Waals surface area contributed by atoms with Crippen LogP contribution in [0.4, 0.5) is 0 Å². The zero-order valence-corrected chi connectivity index (χ0v) is 8.51. The summed E-state index contributed by atoms with van der Waals surface area (Å²) in [6, 6.07) is 0.861. The summed E-state index contributed by atoms with van der Waals surface area (Å²) in [6.45, 7) is 4.99. The van der Waals surface area contributed by atoms with E-state index in [1.54, 1.807) is 0 Å². The second kappa shape index (κ2) is 2.71. The van der Waals surface area contributed by atoms with E-state index >= 15 is 0 Å². The van der Waals surface area contributed by atoms with Crippen molar-refractivity contribution >= 4 is 0 Å². The molecule has 2 saturated heterocycles. The Morgan fingerprint density at radius 2 is 2.00 bits per heavy atom. The van der Waals surface area contributed by atoms with Gasteiger partial charge in [-0.15, -0.1) is 0 Å². The molecule has 0 radical (unpaired) electrons. The molecule has 2 heterocycles. The highest BCUT2D eigenvalue weighted by Crippen LogP contribution is 2.35. The van der Waals surface area contributed by atoms with Gasteiger partial charge in [0, 0.05) is 11.6 Å². The smallest absolute Gasteiger partial charge is 0.0205 e. The summed E-state index contributed by atoms with van der Waals surface area (Å²) in [6.07, 6.45) is 4.08. The van der Waals surface area contributed by atoms with Crippen molar-refractivity contribution in [2.24, 2.45) is 0 Å². The first-order chi connectivity index (χ1) is 5.62. The van der Waals surface area contributed by atoms with Crippen LogP contribution in [0.1, 0.15) is 26.2 Å². The molecule has 0 aromatic rings. The maximum absolute atomic E-state index is 2.55. The third-order valence-corrected chi connectivity index (χ3v) is 4.02. The summed E-state index contributed by atoms with van der Waals surface area (Å²) < 4.78 is 0. The lowest BCUT2D eigenvalue weighted by Crippen LogP contribution is -2.59. The number of likely N-dealkylation sites (tertiary alicyclic amines) is 2. The van der Waals surface area contributed by atoms with Crippen molar-refractivity contribution in [1.29, 1.82) is 0 Å². The Kier molecular flexibility index (Phi) is 1.92. The molecule has 1 unspecified atom stereocenters. The van der Waals surface area contributed by atoms with Crippen molar-refractivity contribution in [3.8, 4) is 0 Å². The molecule has 0 amide bonds. The number of fused-ring (bicyclic) bond motifs is 2. The van der Waals surface area contributed by atoms with Crippen molar-refractivity contribution in [2.75, 3.05) is 27.2 Å². The molecule has 0 aliphatic carbocycles. The fourth-order valence-corrected chi connectivity index (χ4v) is 2.65. The van der Waals surface area contributed by atoms with Gasteiger partial charge in [0.2, 0.25) is 0 Å². The molecule has 2 fully saturated rings. The van der Waals surface area contributed by atoms with Crippen molar-refractivity contribution in [1.82, 2.24) is 9.80 Å². The van der Waals surface area contributed by atoms with Crippen LogP contribution in [0.5, 0.6) is 0 Å². The molecule has 70 valence electrons. The number of piperidine rings is 2. The Balaban J connectivity index is 2.13. The molecule has 0 aromatic carbocycles. The monoisotopic (exact) mass is 168 g/mol. The normalized spacial score (nSPS) is 44.8. The van der Waals surface area contributed by atoms with E-state index in [1.807, 2.05) is 0 Å². The Hall–Kier alpha value is -0.0800. The van der Waals surface area contributed by atoms with Crippen LogP contribution in [0.2, 0.25) is 0 Å². The second-order valence-electron chi connectivity index (χ2n) is 4.80. The molecule has 0 N–H and O–H groups in total. The molecular formula is C10H20N2. The van der Waals surface area contributed by atoms with Crippen LogP contribution < -0.4 is 0 Å². The quantitative estimate of drug-likeness (QED) is 0.536. The van der Waals surface area contributed by atoms with Gasteiger partial charge >= 0.3 is 0 Å². The van der Waals surface area contributed by atoms with Crippen LogP contribution in [0.3, 0.4) is 0 Å². The average Bonchev–Trinajstić information content (AvgIpc) is 2.05. The van der Waals surface area contributed by atoms with Gasteiger partial charge in [0.05, 0.1) is 0 Å². The lowest BCUT2D eigenvalue weighted by atomic mass is 9.79. The van der Waals surface area contributed by atoms with Gasteiger partial charge in [-0.25, -0.2) is 0 Å². The number of rotatable bonds is 0. The lowest BCUT2D eigenvalue weighted by Gasteiger charge is -2.52. The SMILES string of the molecule is CN1CC[C@@]2(C)CC1CCN2C. The zero-order valence-electron chi connectivity index (χ0n) is 8.51. The van der Waals surface area contributed by atoms with Gasteiger partial charge in [-0.2, -0.15) is 0 Å². The van der Waals surface area contributed by atoms with Crippen molar-refractivity contribution in [3.63, 3.8) is 0 Å². The van der Waals surface area contributed by atoms with E-state index in [4.69, 9.17) is 0 Å². The fourth-order valence-electron chi connectivity index (χ4n) is 2.65. The minimum Gasteiger partial charge on any atom is -0.303 e. The maximum atomic E-state index is 2.55. The predicted octanol–water partition coefficient (Wildman–Crippen LogP) is 1.17. The average molecular weight is 168 g/mol. The van der Waals surface area contributed by atoms with Crippen molar-refractivity contribution < 1.29 is 0 Å². The molecule has 12 heavy (non-hydrogen) atoms. The van der Waals surface area contributed by atoms with Gasteiger partial charge in [-0.3, -0.25) is 0 Å². The first-order valence-electron chi connectivity index (χ1n) is 5.03. The highest BCUT2D eigenvalue weighted by Gasteiger charge is 2.41. The van der Waals surface area contributed by atoms with E-state index < -0.39 is 0 Å². The minimum absolute atomic E-state index is 0.509. The van der Waals surface area contributed by atoms with Gasteiger partial charge < -0.3 is 9.80 Å². The molecule has 0 spiro atoms. The highest BCUT2D eigenvalue weighted by atomic mass is 15.2. The van der Waals surface area contributed by atoms with Crippen LogP contribution in [0.25, 0.3) is 0 Å². The second-order valence-corrected chi connectivity index (χ2v) is 4.80. The Bertz CT molecular complexity index is 181. The van der Waals surface area contributed by atoms with E-state index in [-0.39, 0.29) is 0 Å². The van der Waals surface area contributed by atoms with Crippen LogP contribution in [0, 0.1) is 0 Å². The van der Waals surface area contributed by atoms with Crippen molar-refractivity contribution in [3.05, 3.63) is 0 Å². The largest absolute Gasteiger partial charge is 0.303 e. The van der Waals surface area contributed by atoms with E-state index in [2.05, 4.69) is 30.8 Å². The fraction of sp³-hybridized carbons (Fsp3) is 1.00. The maximum Gasteiger partial charge on any atom is 0.0205 e. The molecule has 2 aliphatic heterocycles. The predicted molar refractivity (Wildman–Crippen MR) is 51.3 cm³/mol. The van der Waals surface area contributed by atoms with E-state index in [0.29, 0.717) is 5.54 Å². The molecule has 2 aliphatic rings. The first kappa shape index (κ1) is 8.52. The summed E-state index contributed by atoms with van der Waals surface area (Å²) in [7, 11) is 4.55. The van der Waals surface area contributed by atoms with Crippen LogP contribution in [-0.2, 0) is 0 Å². The Morgan fingerprint density at radius 3 is 2.75 bits per heavy atom. The first-order valence-corrected chi connectivity index (χ1v) is 5.03. The zero-order chi connectivity index (χ0) is 8.77. The summed E-state index contributed by atoms with van der Waals surface area (Å²) in [4.78, 5) is 5.09. The third kappa shape index (κ3) is 1.17. The van der Waals surface area contributed by atoms with E-state index in [9.17, 15) is 0 Å². The Morgan fingerprint density at radius 1 is 1.25 bits per heavy atom. The summed E-state index contributed by atoms with van der Waals surface area (Å²) in [5, 5.41) is 0. The summed E-state index contributed by atoms with van der Waals surface area (Å²) >= 11 is 0. The standard InChI is InChI=1S/C10H20N2/c1-10-5-7-11(2)9(8-10)4-6-12(10)3/h9H,4-8H2,1-3H3/t9?,10-/m0/s1. The minimum atomic E-state index is 0.509. The third-order valence-electron chi connectivity index (χ3n) is 4.02. The molecule has 2 atom stereocenters. The topological polar surface area (TPSA) is 6.48 Å². The number of hydrogen-bond donors (Lipinski definition) is 0. The molecule has 2 heteroatoms. The van der Waals surface area contributed by atoms with Gasteiger partial charge in [0.25, 0.3) is 0 Å². The molecule has 2 bridgehead atoms. The van der Waals surface area contributed by atoms with Gasteiger partial charge in [0.15, 0.2) is 0 Å². The molecule has 2 rings (SSSR count). The van der Waals surface area contributed by atoms with Gasteiger partial charge in [-0.1, -0.05) is 0 Å². The van der Waals surface area contributed by atoms with Crippen LogP contribution in [-0.4, -0.2) is 48.6 Å². The van der Waals surface area contributed by atoms with E-state index in [1.165, 1.54) is 32.4 Å². The summed E-state index contributed by atoms with van der Waals surface area (Å²) in [5.74, 6) is 0. The highest BCUT2D eigenvalue weighted by molar-refractivity contribution is 4.98. The Labute approximate surface area is 75.5 Å². The lowest BCUT2D eigenvalue weighted by molar-refractivity contribution is -0.0165. The van der Waals surface area contributed by atoms with Gasteiger partial charge in [0.1, 0.15) is 0 Å². The van der Waals surface area contributed by atoms with Crippen LogP contribution in [0.15, 0.2) is 0 Å². The number of hydrogen-bond acceptors (Lipinski definition) is 2. The molecule has 0 saturated carbocycles. The summed E-state index contributed by atoms with van der Waals surface area (Å²) in [5.41, 5.74) is 0.509. The van der Waals surface area contributed by atoms with Crippen molar-refractivity contribution in [2.45, 2.75) is 37.8 Å². The molecule has 2 nitrogen and oxygen atoms in total. The molecular weight excluding hydrogens is 148 g/mol. The van der Waals surface area contributed by atoms with Gasteiger partial charge in [-0.05, 0) is 53.4 Å².